The smallest absolute Gasteiger partial charge is 0.144 e. The van der Waals surface area contributed by atoms with E-state index in [4.69, 9.17) is 9.84 Å². The molecule has 1 saturated heterocycles. The highest BCUT2D eigenvalue weighted by Crippen LogP contribution is 2.02. The standard InChI is InChI=1S/C9H19N2O5S/c12-9-16-7-5-10-1-3-11(4-2-10)6-8-17(13,14)15/h7,12H,1-6,8-9H2,(H,13,14,15)/p-1. The van der Waals surface area contributed by atoms with Crippen LogP contribution in [-0.4, -0.2) is 79.7 Å². The van der Waals surface area contributed by atoms with Gasteiger partial charge in [-0.2, -0.15) is 0 Å². The van der Waals surface area contributed by atoms with Crippen LogP contribution in [0.5, 0.6) is 0 Å². The molecule has 0 saturated carbocycles. The molecule has 1 rings (SSSR count). The Morgan fingerprint density at radius 3 is 2.35 bits per heavy atom. The van der Waals surface area contributed by atoms with Crippen LogP contribution in [0, 0.1) is 6.61 Å². The Balaban J connectivity index is 2.13. The van der Waals surface area contributed by atoms with Crippen molar-refractivity contribution in [3.63, 3.8) is 0 Å². The Morgan fingerprint density at radius 1 is 1.24 bits per heavy atom. The van der Waals surface area contributed by atoms with Crippen molar-refractivity contribution in [2.75, 3.05) is 51.8 Å². The van der Waals surface area contributed by atoms with Crippen LogP contribution in [-0.2, 0) is 14.9 Å². The van der Waals surface area contributed by atoms with Crippen LogP contribution in [0.1, 0.15) is 0 Å². The molecule has 0 spiro atoms. The molecule has 0 aromatic carbocycles. The molecule has 0 unspecified atom stereocenters. The number of rotatable bonds is 7. The van der Waals surface area contributed by atoms with Gasteiger partial charge in [-0.25, -0.2) is 8.42 Å². The number of aliphatic hydroxyl groups is 1. The van der Waals surface area contributed by atoms with Gasteiger partial charge in [0.05, 0.1) is 15.9 Å². The maximum Gasteiger partial charge on any atom is 0.144 e. The maximum absolute atomic E-state index is 10.5. The quantitative estimate of drug-likeness (QED) is 0.333. The number of hydrogen-bond donors (Lipinski definition) is 1. The molecule has 7 nitrogen and oxygen atoms in total. The van der Waals surface area contributed by atoms with Gasteiger partial charge in [-0.15, -0.1) is 0 Å². The van der Waals surface area contributed by atoms with Crippen LogP contribution in [0.25, 0.3) is 0 Å². The lowest BCUT2D eigenvalue weighted by Crippen LogP contribution is -2.47. The van der Waals surface area contributed by atoms with E-state index in [0.717, 1.165) is 26.2 Å². The number of piperazine rings is 1. The lowest BCUT2D eigenvalue weighted by Gasteiger charge is -2.34. The summed E-state index contributed by atoms with van der Waals surface area (Å²) in [6, 6.07) is 0. The second kappa shape index (κ2) is 7.24. The molecular weight excluding hydrogens is 248 g/mol. The van der Waals surface area contributed by atoms with E-state index >= 15 is 0 Å². The summed E-state index contributed by atoms with van der Waals surface area (Å²) >= 11 is 0. The highest BCUT2D eigenvalue weighted by atomic mass is 32.2. The Labute approximate surface area is 102 Å². The van der Waals surface area contributed by atoms with Crippen molar-refractivity contribution in [1.29, 1.82) is 0 Å². The van der Waals surface area contributed by atoms with E-state index in [1.54, 1.807) is 0 Å². The van der Waals surface area contributed by atoms with Crippen LogP contribution in [0.2, 0.25) is 0 Å². The molecule has 1 aliphatic rings. The molecule has 1 radical (unpaired) electrons. The zero-order chi connectivity index (χ0) is 12.7. The fourth-order valence-corrected chi connectivity index (χ4v) is 2.13. The Bertz CT molecular complexity index is 301. The molecule has 1 aliphatic heterocycles. The molecule has 0 atom stereocenters. The van der Waals surface area contributed by atoms with E-state index in [1.165, 1.54) is 6.61 Å². The average Bonchev–Trinajstić information content (AvgIpc) is 2.27. The van der Waals surface area contributed by atoms with Crippen LogP contribution < -0.4 is 0 Å². The summed E-state index contributed by atoms with van der Waals surface area (Å²) < 4.78 is 36.1. The second-order valence-electron chi connectivity index (χ2n) is 3.87. The minimum absolute atomic E-state index is 0.302. The molecule has 1 N–H and O–H groups in total. The predicted molar refractivity (Wildman–Crippen MR) is 59.9 cm³/mol. The molecular formula is C9H18N2O5S-. The van der Waals surface area contributed by atoms with Crippen LogP contribution >= 0.6 is 0 Å². The van der Waals surface area contributed by atoms with Crippen LogP contribution in [0.4, 0.5) is 0 Å². The Morgan fingerprint density at radius 2 is 1.82 bits per heavy atom. The zero-order valence-electron chi connectivity index (χ0n) is 9.62. The lowest BCUT2D eigenvalue weighted by atomic mass is 10.3. The topological polar surface area (TPSA) is 93.1 Å². The number of aliphatic hydroxyl groups excluding tert-OH is 1. The first kappa shape index (κ1) is 14.8. The molecule has 0 amide bonds. The molecule has 101 valence electrons. The number of hydrogen-bond acceptors (Lipinski definition) is 7. The van der Waals surface area contributed by atoms with Crippen molar-refractivity contribution in [3.8, 4) is 0 Å². The van der Waals surface area contributed by atoms with Crippen LogP contribution in [0.3, 0.4) is 0 Å². The minimum atomic E-state index is -4.11. The van der Waals surface area contributed by atoms with E-state index in [-0.39, 0.29) is 12.5 Å². The molecule has 17 heavy (non-hydrogen) atoms. The van der Waals surface area contributed by atoms with Gasteiger partial charge in [-0.05, 0) is 0 Å². The van der Waals surface area contributed by atoms with Gasteiger partial charge in [0, 0.05) is 39.3 Å². The summed E-state index contributed by atoms with van der Waals surface area (Å²) in [5, 5.41) is 8.42. The third kappa shape index (κ3) is 6.92. The van der Waals surface area contributed by atoms with Gasteiger partial charge in [0.1, 0.15) is 13.4 Å². The van der Waals surface area contributed by atoms with Crippen molar-refractivity contribution in [1.82, 2.24) is 9.80 Å². The van der Waals surface area contributed by atoms with E-state index in [9.17, 15) is 13.0 Å². The van der Waals surface area contributed by atoms with Crippen LogP contribution in [0.15, 0.2) is 0 Å². The van der Waals surface area contributed by atoms with Gasteiger partial charge in [0.25, 0.3) is 0 Å². The third-order valence-corrected chi connectivity index (χ3v) is 3.33. The molecule has 0 bridgehead atoms. The highest BCUT2D eigenvalue weighted by Gasteiger charge is 2.16. The van der Waals surface area contributed by atoms with Gasteiger partial charge in [-0.1, -0.05) is 0 Å². The summed E-state index contributed by atoms with van der Waals surface area (Å²) in [4.78, 5) is 4.08. The van der Waals surface area contributed by atoms with Gasteiger partial charge in [-0.3, -0.25) is 9.80 Å². The largest absolute Gasteiger partial charge is 0.748 e. The normalized spacial score (nSPS) is 19.6. The van der Waals surface area contributed by atoms with Gasteiger partial charge >= 0.3 is 0 Å². The van der Waals surface area contributed by atoms with E-state index in [2.05, 4.69) is 4.90 Å². The van der Waals surface area contributed by atoms with Crippen molar-refractivity contribution >= 4 is 10.1 Å². The van der Waals surface area contributed by atoms with Crippen molar-refractivity contribution in [2.24, 2.45) is 0 Å². The summed E-state index contributed by atoms with van der Waals surface area (Å²) in [5.74, 6) is -0.327. The van der Waals surface area contributed by atoms with Gasteiger partial charge in [0.15, 0.2) is 0 Å². The molecule has 0 aromatic heterocycles. The van der Waals surface area contributed by atoms with E-state index in [0.29, 0.717) is 13.1 Å². The average molecular weight is 266 g/mol. The highest BCUT2D eigenvalue weighted by molar-refractivity contribution is 7.85. The monoisotopic (exact) mass is 266 g/mol. The fourth-order valence-electron chi connectivity index (χ4n) is 1.65. The van der Waals surface area contributed by atoms with Gasteiger partial charge in [0.2, 0.25) is 0 Å². The second-order valence-corrected chi connectivity index (χ2v) is 5.39. The molecule has 8 heteroatoms. The van der Waals surface area contributed by atoms with Crippen molar-refractivity contribution < 1.29 is 22.8 Å². The Kier molecular flexibility index (Phi) is 6.31. The van der Waals surface area contributed by atoms with E-state index < -0.39 is 10.1 Å². The summed E-state index contributed by atoms with van der Waals surface area (Å²) in [7, 11) is -4.11. The lowest BCUT2D eigenvalue weighted by molar-refractivity contribution is 0.0212. The first-order valence-corrected chi connectivity index (χ1v) is 7.01. The molecule has 1 fully saturated rings. The molecule has 0 aliphatic carbocycles. The molecule has 0 aromatic rings. The minimum Gasteiger partial charge on any atom is -0.748 e. The zero-order valence-corrected chi connectivity index (χ0v) is 10.4. The predicted octanol–water partition coefficient (Wildman–Crippen LogP) is -1.72. The maximum atomic E-state index is 10.5. The number of ether oxygens (including phenoxy) is 1. The Hall–Kier alpha value is -0.250. The summed E-state index contributed by atoms with van der Waals surface area (Å²) in [6.07, 6.45) is 0. The first-order valence-electron chi connectivity index (χ1n) is 5.43. The number of nitrogens with zero attached hydrogens (tertiary/aromatic N) is 2. The summed E-state index contributed by atoms with van der Waals surface area (Å²) in [6.45, 7) is 5.23. The third-order valence-electron chi connectivity index (χ3n) is 2.65. The van der Waals surface area contributed by atoms with Crippen molar-refractivity contribution in [3.05, 3.63) is 6.61 Å². The first-order chi connectivity index (χ1) is 8.01. The molecule has 1 heterocycles. The SMILES string of the molecule is O=S(=O)([O-])CCN1CCN(C[CH]OCO)CC1. The van der Waals surface area contributed by atoms with Crippen molar-refractivity contribution in [2.45, 2.75) is 0 Å². The summed E-state index contributed by atoms with van der Waals surface area (Å²) in [5.41, 5.74) is 0. The van der Waals surface area contributed by atoms with Gasteiger partial charge < -0.3 is 14.4 Å². The fraction of sp³-hybridized carbons (Fsp3) is 0.889. The van der Waals surface area contributed by atoms with E-state index in [1.807, 2.05) is 4.90 Å².